The summed E-state index contributed by atoms with van der Waals surface area (Å²) in [6.45, 7) is 0.0443. The number of pyridine rings is 1. The van der Waals surface area contributed by atoms with Gasteiger partial charge in [-0.1, -0.05) is 0 Å². The summed E-state index contributed by atoms with van der Waals surface area (Å²) in [5.41, 5.74) is 0.0322. The molecule has 2 aromatic rings. The highest BCUT2D eigenvalue weighted by molar-refractivity contribution is 7.74. The van der Waals surface area contributed by atoms with E-state index < -0.39 is 16.3 Å². The summed E-state index contributed by atoms with van der Waals surface area (Å²) in [6, 6.07) is 6.94. The summed E-state index contributed by atoms with van der Waals surface area (Å²) in [4.78, 5) is 19.4. The first-order valence-electron chi connectivity index (χ1n) is 8.06. The smallest absolute Gasteiger partial charge is 0.228 e. The Morgan fingerprint density at radius 3 is 2.88 bits per heavy atom. The molecule has 2 aliphatic rings. The van der Waals surface area contributed by atoms with Crippen molar-refractivity contribution in [3.05, 3.63) is 18.3 Å². The number of aromatic nitrogens is 2. The zero-order valence-electron chi connectivity index (χ0n) is 13.3. The minimum absolute atomic E-state index is 0.0441. The molecule has 2 aliphatic carbocycles. The molecule has 2 N–H and O–H groups in total. The molecule has 2 fully saturated rings. The fraction of sp³-hybridized carbons (Fsp3) is 0.438. The molecule has 1 radical (unpaired) electrons. The molecule has 0 aliphatic heterocycles. The van der Waals surface area contributed by atoms with Crippen molar-refractivity contribution in [2.75, 3.05) is 16.2 Å². The minimum Gasteiger partial charge on any atom is -0.346 e. The number of nitriles is 1. The Balaban J connectivity index is 1.76. The average Bonchev–Trinajstić information content (AvgIpc) is 3.50. The van der Waals surface area contributed by atoms with Gasteiger partial charge in [0.05, 0.1) is 18.0 Å². The van der Waals surface area contributed by atoms with E-state index in [9.17, 15) is 18.5 Å². The maximum absolute atomic E-state index is 12.2. The number of thiol groups is 1. The number of anilines is 2. The van der Waals surface area contributed by atoms with Crippen LogP contribution < -0.4 is 9.62 Å². The Bertz CT molecular complexity index is 958. The molecule has 0 unspecified atom stereocenters. The molecule has 1 amide bonds. The molecule has 25 heavy (non-hydrogen) atoms. The largest absolute Gasteiger partial charge is 0.346 e. The first-order chi connectivity index (χ1) is 12.0. The summed E-state index contributed by atoms with van der Waals surface area (Å²) >= 11 is 0. The third-order valence-electron chi connectivity index (χ3n) is 4.61. The van der Waals surface area contributed by atoms with Crippen molar-refractivity contribution >= 4 is 39.3 Å². The highest BCUT2D eigenvalue weighted by Crippen LogP contribution is 2.46. The second-order valence-corrected chi connectivity index (χ2v) is 7.58. The van der Waals surface area contributed by atoms with Crippen LogP contribution in [0.5, 0.6) is 0 Å². The van der Waals surface area contributed by atoms with Crippen LogP contribution in [0.3, 0.4) is 0 Å². The van der Waals surface area contributed by atoms with Crippen LogP contribution in [0, 0.1) is 28.7 Å². The van der Waals surface area contributed by atoms with Gasteiger partial charge in [-0.25, -0.2) is 13.4 Å². The fourth-order valence-electron chi connectivity index (χ4n) is 2.70. The molecular weight excluding hydrogens is 342 g/mol. The van der Waals surface area contributed by atoms with Gasteiger partial charge < -0.3 is 10.3 Å². The molecule has 9 heteroatoms. The van der Waals surface area contributed by atoms with Crippen molar-refractivity contribution in [2.45, 2.75) is 25.7 Å². The van der Waals surface area contributed by atoms with Gasteiger partial charge in [0.25, 0.3) is 0 Å². The molecule has 2 aromatic heterocycles. The summed E-state index contributed by atoms with van der Waals surface area (Å²) < 4.78 is 24.8. The van der Waals surface area contributed by atoms with Crippen molar-refractivity contribution in [3.63, 3.8) is 0 Å². The van der Waals surface area contributed by atoms with E-state index in [4.69, 9.17) is 0 Å². The van der Waals surface area contributed by atoms with E-state index in [-0.39, 0.29) is 29.9 Å². The van der Waals surface area contributed by atoms with Crippen LogP contribution in [0.25, 0.3) is 11.0 Å². The van der Waals surface area contributed by atoms with Crippen LogP contribution in [0.1, 0.15) is 25.7 Å². The van der Waals surface area contributed by atoms with Gasteiger partial charge >= 0.3 is 0 Å². The molecule has 0 saturated heterocycles. The van der Waals surface area contributed by atoms with Crippen molar-refractivity contribution in [2.24, 2.45) is 11.3 Å². The molecule has 2 saturated carbocycles. The topological polar surface area (TPSA) is 119 Å². The fourth-order valence-corrected chi connectivity index (χ4v) is 3.40. The van der Waals surface area contributed by atoms with Gasteiger partial charge in [0.2, 0.25) is 16.8 Å². The zero-order valence-corrected chi connectivity index (χ0v) is 14.2. The van der Waals surface area contributed by atoms with Crippen LogP contribution in [-0.4, -0.2) is 30.8 Å². The van der Waals surface area contributed by atoms with Crippen molar-refractivity contribution < 1.29 is 13.2 Å². The Morgan fingerprint density at radius 1 is 1.52 bits per heavy atom. The van der Waals surface area contributed by atoms with Crippen LogP contribution >= 0.6 is 0 Å². The lowest BCUT2D eigenvalue weighted by Gasteiger charge is -2.22. The van der Waals surface area contributed by atoms with Gasteiger partial charge in [0.1, 0.15) is 11.3 Å². The molecule has 129 valence electrons. The maximum Gasteiger partial charge on any atom is 0.228 e. The quantitative estimate of drug-likeness (QED) is 0.674. The van der Waals surface area contributed by atoms with Crippen molar-refractivity contribution in [1.82, 2.24) is 9.97 Å². The molecule has 0 bridgehead atoms. The first-order valence-corrected chi connectivity index (χ1v) is 9.19. The number of nitrogens with one attached hydrogen (secondary N) is 2. The van der Waals surface area contributed by atoms with Gasteiger partial charge in [-0.3, -0.25) is 9.10 Å². The van der Waals surface area contributed by atoms with E-state index >= 15 is 0 Å². The third kappa shape index (κ3) is 3.05. The number of hydrogen-bond donors (Lipinski definition) is 3. The van der Waals surface area contributed by atoms with E-state index in [0.29, 0.717) is 23.9 Å². The van der Waals surface area contributed by atoms with Crippen LogP contribution in [-0.2, 0) is 15.7 Å². The number of rotatable bonds is 6. The molecule has 2 heterocycles. The Labute approximate surface area is 145 Å². The normalized spacial score (nSPS) is 18.1. The van der Waals surface area contributed by atoms with E-state index in [2.05, 4.69) is 27.4 Å². The Kier molecular flexibility index (Phi) is 3.65. The first kappa shape index (κ1) is 15.9. The predicted molar refractivity (Wildman–Crippen MR) is 91.2 cm³/mol. The summed E-state index contributed by atoms with van der Waals surface area (Å²) in [5.74, 6) is -0.0623. The van der Waals surface area contributed by atoms with E-state index in [1.165, 1.54) is 0 Å². The van der Waals surface area contributed by atoms with Gasteiger partial charge in [-0.2, -0.15) is 5.26 Å². The third-order valence-corrected chi connectivity index (χ3v) is 5.35. The summed E-state index contributed by atoms with van der Waals surface area (Å²) in [7, 11) is -3.00. The monoisotopic (exact) mass is 358 g/mol. The number of nitrogens with zero attached hydrogens (tertiary/aromatic N) is 3. The lowest BCUT2D eigenvalue weighted by atomic mass is 10.1. The van der Waals surface area contributed by atoms with Crippen LogP contribution in [0.2, 0.25) is 0 Å². The maximum atomic E-state index is 12.2. The number of fused-ring (bicyclic) bond motifs is 1. The number of hydrogen-bond acceptors (Lipinski definition) is 5. The SMILES string of the molecule is N#CC1(CN(c2[c]c3cc[nH]c3nc2NC(=O)C2CC2)[SH](=O)=O)CC1. The molecule has 0 spiro atoms. The summed E-state index contributed by atoms with van der Waals surface area (Å²) in [6.07, 6.45) is 4.64. The van der Waals surface area contributed by atoms with Crippen molar-refractivity contribution in [1.29, 1.82) is 5.26 Å². The highest BCUT2D eigenvalue weighted by Gasteiger charge is 2.45. The predicted octanol–water partition coefficient (Wildman–Crippen LogP) is 1.35. The second kappa shape index (κ2) is 5.74. The Morgan fingerprint density at radius 2 is 2.28 bits per heavy atom. The Hall–Kier alpha value is -2.60. The van der Waals surface area contributed by atoms with E-state index in [1.54, 1.807) is 12.3 Å². The standard InChI is InChI=1S/C16H16N5O3S/c17-8-16(4-5-16)9-21(25(23)24)12-7-11-3-6-18-13(11)19-14(12)20-15(22)10-1-2-10/h3,6,10,25H,1-2,4-5,9H2,(H2,18,19,20,22). The van der Waals surface area contributed by atoms with Crippen molar-refractivity contribution in [3.8, 4) is 6.07 Å². The number of carbonyl (C=O) groups is 1. The second-order valence-electron chi connectivity index (χ2n) is 6.63. The molecule has 0 atom stereocenters. The van der Waals surface area contributed by atoms with Gasteiger partial charge in [0, 0.05) is 23.6 Å². The van der Waals surface area contributed by atoms with Crippen LogP contribution in [0.4, 0.5) is 11.5 Å². The number of aromatic amines is 1. The van der Waals surface area contributed by atoms with E-state index in [0.717, 1.165) is 17.1 Å². The molecule has 8 nitrogen and oxygen atoms in total. The highest BCUT2D eigenvalue weighted by atomic mass is 32.2. The van der Waals surface area contributed by atoms with Gasteiger partial charge in [-0.15, -0.1) is 0 Å². The van der Waals surface area contributed by atoms with Crippen LogP contribution in [0.15, 0.2) is 12.3 Å². The zero-order chi connectivity index (χ0) is 17.6. The summed E-state index contributed by atoms with van der Waals surface area (Å²) in [5, 5.41) is 12.6. The lowest BCUT2D eigenvalue weighted by molar-refractivity contribution is -0.117. The molecule has 4 rings (SSSR count). The average molecular weight is 358 g/mol. The van der Waals surface area contributed by atoms with Gasteiger partial charge in [-0.05, 0) is 31.7 Å². The number of amides is 1. The minimum atomic E-state index is -3.00. The van der Waals surface area contributed by atoms with Gasteiger partial charge in [0.15, 0.2) is 5.82 Å². The lowest BCUT2D eigenvalue weighted by Crippen LogP contribution is -2.30. The molecular formula is C16H16N5O3S. The molecule has 0 aromatic carbocycles. The number of carbonyl (C=O) groups excluding carboxylic acids is 1. The number of H-pyrrole nitrogens is 1. The van der Waals surface area contributed by atoms with E-state index in [1.807, 2.05) is 0 Å².